The van der Waals surface area contributed by atoms with Gasteiger partial charge >= 0.3 is 0 Å². The quantitative estimate of drug-likeness (QED) is 0.557. The van der Waals surface area contributed by atoms with E-state index in [-0.39, 0.29) is 11.5 Å². The lowest BCUT2D eigenvalue weighted by Gasteiger charge is -2.29. The summed E-state index contributed by atoms with van der Waals surface area (Å²) in [7, 11) is 0. The number of carbonyl (C=O) groups excluding carboxylic acids is 1. The van der Waals surface area contributed by atoms with Crippen LogP contribution in [0.1, 0.15) is 59.6 Å². The molecule has 0 saturated carbocycles. The van der Waals surface area contributed by atoms with Crippen molar-refractivity contribution >= 4 is 50.4 Å². The molecule has 2 aromatic heterocycles. The molecule has 1 fully saturated rings. The highest BCUT2D eigenvalue weighted by Gasteiger charge is 2.23. The molecule has 8 heteroatoms. The molecule has 1 aromatic carbocycles. The summed E-state index contributed by atoms with van der Waals surface area (Å²) in [6, 6.07) is 5.68. The Balaban J connectivity index is 1.43. The van der Waals surface area contributed by atoms with E-state index in [0.29, 0.717) is 37.9 Å². The molecule has 1 amide bonds. The molecular formula is C24H27ClN4O2S. The van der Waals surface area contributed by atoms with Gasteiger partial charge in [0.15, 0.2) is 0 Å². The molecule has 0 unspecified atom stereocenters. The first-order valence-electron chi connectivity index (χ1n) is 11.4. The van der Waals surface area contributed by atoms with E-state index in [2.05, 4.69) is 10.2 Å². The molecule has 5 rings (SSSR count). The second-order valence-corrected chi connectivity index (χ2v) is 10.1. The summed E-state index contributed by atoms with van der Waals surface area (Å²) in [4.78, 5) is 34.5. The van der Waals surface area contributed by atoms with Crippen molar-refractivity contribution in [3.05, 3.63) is 49.8 Å². The zero-order valence-corrected chi connectivity index (χ0v) is 19.8. The van der Waals surface area contributed by atoms with Crippen molar-refractivity contribution < 1.29 is 4.79 Å². The van der Waals surface area contributed by atoms with Crippen LogP contribution in [0.2, 0.25) is 5.02 Å². The minimum atomic E-state index is -0.230. The van der Waals surface area contributed by atoms with E-state index >= 15 is 0 Å². The molecule has 168 valence electrons. The summed E-state index contributed by atoms with van der Waals surface area (Å²) in [5, 5.41) is 4.18. The molecule has 1 N–H and O–H groups in total. The van der Waals surface area contributed by atoms with Crippen LogP contribution in [0.4, 0.5) is 11.4 Å². The number of anilines is 2. The summed E-state index contributed by atoms with van der Waals surface area (Å²) in [6.07, 6.45) is 7.58. The molecule has 0 bridgehead atoms. The van der Waals surface area contributed by atoms with Crippen molar-refractivity contribution in [2.75, 3.05) is 23.3 Å². The number of halogens is 1. The van der Waals surface area contributed by atoms with E-state index in [4.69, 9.17) is 16.6 Å². The number of benzene rings is 1. The van der Waals surface area contributed by atoms with Crippen molar-refractivity contribution in [1.82, 2.24) is 9.55 Å². The van der Waals surface area contributed by atoms with Gasteiger partial charge in [-0.15, -0.1) is 11.3 Å². The molecule has 1 saturated heterocycles. The maximum absolute atomic E-state index is 13.1. The van der Waals surface area contributed by atoms with Crippen molar-refractivity contribution in [1.29, 1.82) is 0 Å². The fourth-order valence-corrected chi connectivity index (χ4v) is 6.18. The van der Waals surface area contributed by atoms with E-state index in [1.165, 1.54) is 30.6 Å². The van der Waals surface area contributed by atoms with E-state index in [0.717, 1.165) is 50.3 Å². The minimum Gasteiger partial charge on any atom is -0.370 e. The van der Waals surface area contributed by atoms with Crippen LogP contribution in [-0.2, 0) is 13.0 Å². The number of thiophene rings is 1. The van der Waals surface area contributed by atoms with Crippen LogP contribution < -0.4 is 15.8 Å². The van der Waals surface area contributed by atoms with Crippen LogP contribution in [0.25, 0.3) is 10.2 Å². The summed E-state index contributed by atoms with van der Waals surface area (Å²) in [5.41, 5.74) is 2.35. The second kappa shape index (κ2) is 8.87. The lowest BCUT2D eigenvalue weighted by molar-refractivity contribution is 0.103. The number of nitrogens with one attached hydrogen (secondary N) is 1. The van der Waals surface area contributed by atoms with Crippen molar-refractivity contribution in [2.24, 2.45) is 0 Å². The number of piperidine rings is 1. The van der Waals surface area contributed by atoms with Gasteiger partial charge in [0, 0.05) is 31.7 Å². The van der Waals surface area contributed by atoms with Crippen LogP contribution >= 0.6 is 22.9 Å². The summed E-state index contributed by atoms with van der Waals surface area (Å²) >= 11 is 7.85. The third-order valence-corrected chi connectivity index (χ3v) is 8.01. The topological polar surface area (TPSA) is 67.2 Å². The first kappa shape index (κ1) is 21.5. The molecule has 0 atom stereocenters. The van der Waals surface area contributed by atoms with Gasteiger partial charge in [-0.3, -0.25) is 14.2 Å². The van der Waals surface area contributed by atoms with Crippen molar-refractivity contribution in [3.63, 3.8) is 0 Å². The van der Waals surface area contributed by atoms with E-state index in [9.17, 15) is 9.59 Å². The number of amides is 1. The van der Waals surface area contributed by atoms with Crippen LogP contribution in [0.3, 0.4) is 0 Å². The molecule has 2 aliphatic rings. The highest BCUT2D eigenvalue weighted by Crippen LogP contribution is 2.32. The number of hydrogen-bond acceptors (Lipinski definition) is 5. The second-order valence-electron chi connectivity index (χ2n) is 8.70. The van der Waals surface area contributed by atoms with Gasteiger partial charge in [-0.1, -0.05) is 18.0 Å². The first-order chi connectivity index (χ1) is 15.5. The number of rotatable bonds is 3. The van der Waals surface area contributed by atoms with Crippen LogP contribution in [-0.4, -0.2) is 28.5 Å². The Hall–Kier alpha value is -2.38. The average Bonchev–Trinajstić information content (AvgIpc) is 2.95. The van der Waals surface area contributed by atoms with Gasteiger partial charge in [0.2, 0.25) is 0 Å². The zero-order chi connectivity index (χ0) is 22.2. The molecule has 3 aromatic rings. The maximum atomic E-state index is 13.1. The van der Waals surface area contributed by atoms with E-state index in [1.807, 2.05) is 19.1 Å². The predicted molar refractivity (Wildman–Crippen MR) is 132 cm³/mol. The van der Waals surface area contributed by atoms with Gasteiger partial charge in [-0.2, -0.15) is 0 Å². The van der Waals surface area contributed by atoms with Crippen LogP contribution in [0, 0.1) is 6.92 Å². The van der Waals surface area contributed by atoms with Gasteiger partial charge in [0.05, 0.1) is 21.0 Å². The number of nitrogens with zero attached hydrogens (tertiary/aromatic N) is 3. The van der Waals surface area contributed by atoms with Crippen LogP contribution in [0.5, 0.6) is 0 Å². The fourth-order valence-electron chi connectivity index (χ4n) is 4.79. The normalized spacial score (nSPS) is 16.6. The van der Waals surface area contributed by atoms with Crippen molar-refractivity contribution in [3.8, 4) is 0 Å². The monoisotopic (exact) mass is 470 g/mol. The molecule has 0 aliphatic carbocycles. The highest BCUT2D eigenvalue weighted by molar-refractivity contribution is 7.20. The third-order valence-electron chi connectivity index (χ3n) is 6.52. The summed E-state index contributed by atoms with van der Waals surface area (Å²) < 4.78 is 1.80. The Morgan fingerprint density at radius 3 is 2.62 bits per heavy atom. The fraction of sp³-hybridized carbons (Fsp3) is 0.458. The average molecular weight is 471 g/mol. The number of aryl methyl sites for hydroxylation is 2. The van der Waals surface area contributed by atoms with Crippen LogP contribution in [0.15, 0.2) is 23.0 Å². The molecule has 0 radical (unpaired) electrons. The summed E-state index contributed by atoms with van der Waals surface area (Å²) in [6.45, 7) is 4.57. The maximum Gasteiger partial charge on any atom is 0.266 e. The number of aromatic nitrogens is 2. The van der Waals surface area contributed by atoms with Gasteiger partial charge in [-0.25, -0.2) is 4.98 Å². The zero-order valence-electron chi connectivity index (χ0n) is 18.2. The van der Waals surface area contributed by atoms with Crippen molar-refractivity contribution in [2.45, 2.75) is 58.4 Å². The number of fused-ring (bicyclic) bond motifs is 2. The molecule has 0 spiro atoms. The first-order valence-corrected chi connectivity index (χ1v) is 12.6. The molecule has 2 aliphatic heterocycles. The smallest absolute Gasteiger partial charge is 0.266 e. The van der Waals surface area contributed by atoms with E-state index < -0.39 is 0 Å². The SMILES string of the molecule is Cc1c(C(=O)Nc2ccc(N3CCCCC3)c(Cl)c2)sc2nc3n(c(=O)c12)CCCCC3. The third kappa shape index (κ3) is 3.92. The minimum absolute atomic E-state index is 0.0198. The largest absolute Gasteiger partial charge is 0.370 e. The molecule has 32 heavy (non-hydrogen) atoms. The Morgan fingerprint density at radius 1 is 1.09 bits per heavy atom. The Bertz CT molecular complexity index is 1240. The highest BCUT2D eigenvalue weighted by atomic mass is 35.5. The number of hydrogen-bond donors (Lipinski definition) is 1. The number of carbonyl (C=O) groups is 1. The molecular weight excluding hydrogens is 444 g/mol. The lowest BCUT2D eigenvalue weighted by Crippen LogP contribution is -2.29. The Kier molecular flexibility index (Phi) is 5.95. The lowest BCUT2D eigenvalue weighted by atomic mass is 10.1. The van der Waals surface area contributed by atoms with Gasteiger partial charge in [0.25, 0.3) is 11.5 Å². The van der Waals surface area contributed by atoms with Gasteiger partial charge < -0.3 is 10.2 Å². The predicted octanol–water partition coefficient (Wildman–Crippen LogP) is 5.39. The van der Waals surface area contributed by atoms with E-state index in [1.54, 1.807) is 10.6 Å². The summed E-state index contributed by atoms with van der Waals surface area (Å²) in [5.74, 6) is 0.611. The molecule has 6 nitrogen and oxygen atoms in total. The Morgan fingerprint density at radius 2 is 1.84 bits per heavy atom. The van der Waals surface area contributed by atoms with Gasteiger partial charge in [-0.05, 0) is 62.8 Å². The standard InChI is InChI=1S/C24H27ClN4O2S/c1-15-20-23(27-19-8-4-2-7-13-29(19)24(20)31)32-21(15)22(30)26-16-9-10-18(17(25)14-16)28-11-5-3-6-12-28/h9-10,14H,2-8,11-13H2,1H3,(H,26,30). The Labute approximate surface area is 196 Å². The van der Waals surface area contributed by atoms with Gasteiger partial charge in [0.1, 0.15) is 10.7 Å². The molecule has 4 heterocycles.